The molecule has 47 heavy (non-hydrogen) atoms. The Kier molecular flexibility index (Phi) is 9.00. The summed E-state index contributed by atoms with van der Waals surface area (Å²) in [5.74, 6) is 0.239. The Bertz CT molecular complexity index is 1850. The van der Waals surface area contributed by atoms with Gasteiger partial charge in [-0.25, -0.2) is 4.98 Å². The maximum atomic E-state index is 13.1. The van der Waals surface area contributed by atoms with Crippen LogP contribution in [-0.2, 0) is 22.6 Å². The lowest BCUT2D eigenvalue weighted by Gasteiger charge is -2.41. The lowest BCUT2D eigenvalue weighted by atomic mass is 9.91. The quantitative estimate of drug-likeness (QED) is 0.131. The van der Waals surface area contributed by atoms with E-state index in [1.807, 2.05) is 91.0 Å². The monoisotopic (exact) mass is 642 g/mol. The average Bonchev–Trinajstić information content (AvgIpc) is 3.37. The van der Waals surface area contributed by atoms with Crippen molar-refractivity contribution in [3.8, 4) is 11.1 Å². The Hall–Kier alpha value is -4.60. The predicted molar refractivity (Wildman–Crippen MR) is 180 cm³/mol. The fourth-order valence-corrected chi connectivity index (χ4v) is 7.25. The van der Waals surface area contributed by atoms with Gasteiger partial charge in [-0.1, -0.05) is 97.9 Å². The van der Waals surface area contributed by atoms with E-state index in [4.69, 9.17) is 9.47 Å². The number of carbonyl (C=O) groups is 2. The number of benzene rings is 4. The average molecular weight is 643 g/mol. The SMILES string of the molecule is C[C@H]1[C@@H](CSc2ccccn2)O[C@@H](c2ccc(-c3ccccc3CN3C(=O)c4ccccc4C3=O)cc2)O[C@H]1c1ccc(CO)cc1. The van der Waals surface area contributed by atoms with Crippen LogP contribution in [0, 0.1) is 5.92 Å². The van der Waals surface area contributed by atoms with Gasteiger partial charge >= 0.3 is 0 Å². The molecule has 8 heteroatoms. The van der Waals surface area contributed by atoms with Crippen molar-refractivity contribution in [1.29, 1.82) is 0 Å². The topological polar surface area (TPSA) is 89.0 Å². The van der Waals surface area contributed by atoms with Crippen LogP contribution in [0.4, 0.5) is 0 Å². The summed E-state index contributed by atoms with van der Waals surface area (Å²) in [6.07, 6.45) is 0.884. The highest BCUT2D eigenvalue weighted by molar-refractivity contribution is 7.99. The summed E-state index contributed by atoms with van der Waals surface area (Å²) >= 11 is 1.67. The summed E-state index contributed by atoms with van der Waals surface area (Å²) in [5.41, 5.74) is 6.46. The van der Waals surface area contributed by atoms with E-state index >= 15 is 0 Å². The van der Waals surface area contributed by atoms with Gasteiger partial charge in [0.1, 0.15) is 0 Å². The van der Waals surface area contributed by atoms with Gasteiger partial charge in [-0.15, -0.1) is 11.8 Å². The third-order valence-corrected chi connectivity index (χ3v) is 9.91. The molecule has 4 aromatic carbocycles. The molecule has 5 aromatic rings. The molecule has 2 aliphatic rings. The molecule has 0 aliphatic carbocycles. The third-order valence-electron chi connectivity index (χ3n) is 8.87. The van der Waals surface area contributed by atoms with Crippen LogP contribution < -0.4 is 0 Å². The molecule has 1 aromatic heterocycles. The fourth-order valence-electron chi connectivity index (χ4n) is 6.22. The van der Waals surface area contributed by atoms with Gasteiger partial charge in [-0.3, -0.25) is 14.5 Å². The molecular formula is C39H34N2O5S. The minimum absolute atomic E-state index is 0.00971. The third kappa shape index (κ3) is 6.38. The molecule has 1 fully saturated rings. The Balaban J connectivity index is 1.13. The first-order valence-electron chi connectivity index (χ1n) is 15.7. The number of rotatable bonds is 9. The van der Waals surface area contributed by atoms with E-state index in [-0.39, 0.29) is 43.1 Å². The molecule has 1 saturated heterocycles. The number of hydrogen-bond donors (Lipinski definition) is 1. The molecule has 1 N–H and O–H groups in total. The van der Waals surface area contributed by atoms with Crippen molar-refractivity contribution in [1.82, 2.24) is 9.88 Å². The number of nitrogens with zero attached hydrogens (tertiary/aromatic N) is 2. The first-order valence-corrected chi connectivity index (χ1v) is 16.7. The van der Waals surface area contributed by atoms with Crippen LogP contribution in [0.1, 0.15) is 62.3 Å². The van der Waals surface area contributed by atoms with Gasteiger partial charge in [-0.05, 0) is 52.1 Å². The van der Waals surface area contributed by atoms with Gasteiger partial charge in [-0.2, -0.15) is 0 Å². The van der Waals surface area contributed by atoms with Crippen molar-refractivity contribution >= 4 is 23.6 Å². The summed E-state index contributed by atoms with van der Waals surface area (Å²) in [4.78, 5) is 31.9. The van der Waals surface area contributed by atoms with Gasteiger partial charge in [0.2, 0.25) is 0 Å². The molecule has 2 aliphatic heterocycles. The number of hydrogen-bond acceptors (Lipinski definition) is 7. The zero-order chi connectivity index (χ0) is 32.3. The Labute approximate surface area is 278 Å². The van der Waals surface area contributed by atoms with Gasteiger partial charge in [0.05, 0.1) is 41.5 Å². The number of aromatic nitrogens is 1. The van der Waals surface area contributed by atoms with Crippen LogP contribution in [0.25, 0.3) is 11.1 Å². The summed E-state index contributed by atoms with van der Waals surface area (Å²) in [7, 11) is 0. The molecule has 4 atom stereocenters. The summed E-state index contributed by atoms with van der Waals surface area (Å²) < 4.78 is 13.3. The van der Waals surface area contributed by atoms with Crippen LogP contribution in [0.15, 0.2) is 126 Å². The van der Waals surface area contributed by atoms with Crippen LogP contribution in [-0.4, -0.2) is 38.7 Å². The highest BCUT2D eigenvalue weighted by atomic mass is 32.2. The normalized spacial score (nSPS) is 20.8. The second kappa shape index (κ2) is 13.6. The molecule has 0 spiro atoms. The Morgan fingerprint density at radius 3 is 2.04 bits per heavy atom. The van der Waals surface area contributed by atoms with E-state index in [1.54, 1.807) is 42.2 Å². The molecule has 7 nitrogen and oxygen atoms in total. The molecule has 0 bridgehead atoms. The number of aliphatic hydroxyl groups is 1. The van der Waals surface area contributed by atoms with Crippen molar-refractivity contribution in [2.45, 2.75) is 43.6 Å². The standard InChI is InChI=1S/C39H34N2O5S/c1-25-34(24-47-35-12-6-7-21-40-35)45-39(46-36(25)28-15-13-26(23-42)14-16-28)29-19-17-27(18-20-29)31-9-3-2-8-30(31)22-41-37(43)32-10-4-5-11-33(32)38(41)44/h2-21,25,34,36,39,42H,22-24H2,1H3/t25-,34+,36+,39+/m0/s1. The minimum atomic E-state index is -0.592. The second-order valence-electron chi connectivity index (χ2n) is 11.8. The molecule has 7 rings (SSSR count). The minimum Gasteiger partial charge on any atom is -0.392 e. The summed E-state index contributed by atoms with van der Waals surface area (Å²) in [5, 5.41) is 10.5. The van der Waals surface area contributed by atoms with E-state index in [2.05, 4.69) is 11.9 Å². The smallest absolute Gasteiger partial charge is 0.261 e. The lowest BCUT2D eigenvalue weighted by Crippen LogP contribution is -2.38. The van der Waals surface area contributed by atoms with E-state index in [9.17, 15) is 14.7 Å². The van der Waals surface area contributed by atoms with Crippen LogP contribution >= 0.6 is 11.8 Å². The molecular weight excluding hydrogens is 609 g/mol. The largest absolute Gasteiger partial charge is 0.392 e. The number of amides is 2. The number of thioether (sulfide) groups is 1. The van der Waals surface area contributed by atoms with E-state index in [0.29, 0.717) is 16.9 Å². The van der Waals surface area contributed by atoms with Gasteiger partial charge in [0.25, 0.3) is 11.8 Å². The van der Waals surface area contributed by atoms with E-state index < -0.39 is 6.29 Å². The van der Waals surface area contributed by atoms with E-state index in [0.717, 1.165) is 38.4 Å². The van der Waals surface area contributed by atoms with Gasteiger partial charge < -0.3 is 14.6 Å². The van der Waals surface area contributed by atoms with Crippen molar-refractivity contribution in [3.63, 3.8) is 0 Å². The van der Waals surface area contributed by atoms with Gasteiger partial charge in [0, 0.05) is 23.4 Å². The Morgan fingerprint density at radius 2 is 1.38 bits per heavy atom. The highest BCUT2D eigenvalue weighted by Gasteiger charge is 2.39. The number of pyridine rings is 1. The number of aliphatic hydroxyl groups excluding tert-OH is 1. The number of imide groups is 1. The first-order chi connectivity index (χ1) is 23.0. The Morgan fingerprint density at radius 1 is 0.745 bits per heavy atom. The van der Waals surface area contributed by atoms with Crippen molar-refractivity contribution in [2.75, 3.05) is 5.75 Å². The first kappa shape index (κ1) is 31.0. The highest BCUT2D eigenvalue weighted by Crippen LogP contribution is 2.43. The second-order valence-corrected chi connectivity index (χ2v) is 12.9. The molecule has 0 radical (unpaired) electrons. The number of ether oxygens (including phenoxy) is 2. The van der Waals surface area contributed by atoms with Crippen LogP contribution in [0.3, 0.4) is 0 Å². The summed E-state index contributed by atoms with van der Waals surface area (Å²) in [6.45, 7) is 2.33. The summed E-state index contributed by atoms with van der Waals surface area (Å²) in [6, 6.07) is 36.7. The van der Waals surface area contributed by atoms with Crippen LogP contribution in [0.2, 0.25) is 0 Å². The van der Waals surface area contributed by atoms with Crippen molar-refractivity contribution in [2.24, 2.45) is 5.92 Å². The number of carbonyl (C=O) groups excluding carboxylic acids is 2. The molecule has 0 saturated carbocycles. The van der Waals surface area contributed by atoms with Gasteiger partial charge in [0.15, 0.2) is 6.29 Å². The van der Waals surface area contributed by atoms with E-state index in [1.165, 1.54) is 4.90 Å². The van der Waals surface area contributed by atoms with Crippen molar-refractivity contribution < 1.29 is 24.2 Å². The van der Waals surface area contributed by atoms with Crippen LogP contribution in [0.5, 0.6) is 0 Å². The number of fused-ring (bicyclic) bond motifs is 1. The zero-order valence-electron chi connectivity index (χ0n) is 25.9. The zero-order valence-corrected chi connectivity index (χ0v) is 26.7. The van der Waals surface area contributed by atoms with Crippen molar-refractivity contribution in [3.05, 3.63) is 155 Å². The maximum Gasteiger partial charge on any atom is 0.261 e. The lowest BCUT2D eigenvalue weighted by molar-refractivity contribution is -0.268. The molecule has 236 valence electrons. The maximum absolute atomic E-state index is 13.1. The fraction of sp³-hybridized carbons (Fsp3) is 0.205. The predicted octanol–water partition coefficient (Wildman–Crippen LogP) is 7.62. The molecule has 0 unspecified atom stereocenters. The molecule has 2 amide bonds. The molecule has 3 heterocycles.